The Hall–Kier alpha value is -4.00. The number of carbonyl (C=O) groups excluding carboxylic acids is 2. The number of aliphatic hydroxyl groups excluding tert-OH is 1. The fourth-order valence-electron chi connectivity index (χ4n) is 5.55. The lowest BCUT2D eigenvalue weighted by Gasteiger charge is -2.36. The first-order valence-electron chi connectivity index (χ1n) is 16.3. The van der Waals surface area contributed by atoms with Crippen molar-refractivity contribution in [2.24, 2.45) is 5.92 Å². The molecule has 0 unspecified atom stereocenters. The number of benzene rings is 3. The molecule has 4 atom stereocenters. The van der Waals surface area contributed by atoms with Crippen molar-refractivity contribution >= 4 is 27.5 Å². The molecule has 260 valence electrons. The molecule has 1 heterocycles. The van der Waals surface area contributed by atoms with Crippen molar-refractivity contribution in [1.82, 2.24) is 9.80 Å². The van der Waals surface area contributed by atoms with Gasteiger partial charge in [-0.3, -0.25) is 14.3 Å². The summed E-state index contributed by atoms with van der Waals surface area (Å²) in [6.07, 6.45) is 1.85. The Labute approximate surface area is 282 Å². The van der Waals surface area contributed by atoms with Crippen molar-refractivity contribution in [2.45, 2.75) is 69.6 Å². The number of hydrogen-bond donors (Lipinski definition) is 2. The quantitative estimate of drug-likeness (QED) is 0.321. The molecule has 0 fully saturated rings. The smallest absolute Gasteiger partial charge is 0.261 e. The van der Waals surface area contributed by atoms with Crippen LogP contribution in [0.3, 0.4) is 0 Å². The van der Waals surface area contributed by atoms with Crippen LogP contribution in [0.25, 0.3) is 0 Å². The van der Waals surface area contributed by atoms with Crippen LogP contribution in [0.4, 0.5) is 10.1 Å². The molecule has 48 heavy (non-hydrogen) atoms. The van der Waals surface area contributed by atoms with Crippen LogP contribution in [0.15, 0.2) is 77.7 Å². The summed E-state index contributed by atoms with van der Waals surface area (Å²) in [6, 6.07) is 17.8. The minimum atomic E-state index is -4.09. The summed E-state index contributed by atoms with van der Waals surface area (Å²) in [6.45, 7) is 6.23. The van der Waals surface area contributed by atoms with Crippen LogP contribution in [-0.4, -0.2) is 86.7 Å². The average Bonchev–Trinajstić information content (AvgIpc) is 3.06. The number of hydrogen-bond acceptors (Lipinski definition) is 7. The second-order valence-electron chi connectivity index (χ2n) is 12.5. The zero-order valence-electron chi connectivity index (χ0n) is 28.0. The molecule has 0 spiro atoms. The Kier molecular flexibility index (Phi) is 13.0. The summed E-state index contributed by atoms with van der Waals surface area (Å²) in [4.78, 5) is 30.5. The molecule has 0 saturated heterocycles. The summed E-state index contributed by atoms with van der Waals surface area (Å²) >= 11 is 0. The number of carbonyl (C=O) groups is 2. The number of nitrogens with zero attached hydrogens (tertiary/aromatic N) is 2. The van der Waals surface area contributed by atoms with Crippen molar-refractivity contribution in [3.63, 3.8) is 0 Å². The molecule has 0 saturated carbocycles. The van der Waals surface area contributed by atoms with Gasteiger partial charge in [0.15, 0.2) is 0 Å². The summed E-state index contributed by atoms with van der Waals surface area (Å²) in [7, 11) is -2.35. The van der Waals surface area contributed by atoms with Crippen molar-refractivity contribution in [1.29, 1.82) is 0 Å². The summed E-state index contributed by atoms with van der Waals surface area (Å²) < 4.78 is 54.7. The van der Waals surface area contributed by atoms with E-state index in [1.807, 2.05) is 44.2 Å². The van der Waals surface area contributed by atoms with E-state index in [9.17, 15) is 27.5 Å². The van der Waals surface area contributed by atoms with Gasteiger partial charge in [0.05, 0.1) is 41.7 Å². The third-order valence-electron chi connectivity index (χ3n) is 8.51. The van der Waals surface area contributed by atoms with Gasteiger partial charge in [0, 0.05) is 38.3 Å². The Morgan fingerprint density at radius 1 is 1.08 bits per heavy atom. The summed E-state index contributed by atoms with van der Waals surface area (Å²) in [5.41, 5.74) is 1.16. The van der Waals surface area contributed by atoms with Gasteiger partial charge in [-0.1, -0.05) is 37.3 Å². The van der Waals surface area contributed by atoms with Gasteiger partial charge in [0.2, 0.25) is 5.91 Å². The van der Waals surface area contributed by atoms with Crippen LogP contribution in [0.1, 0.15) is 56.0 Å². The van der Waals surface area contributed by atoms with Crippen molar-refractivity contribution < 1.29 is 37.0 Å². The number of sulfonamides is 1. The highest BCUT2D eigenvalue weighted by Crippen LogP contribution is 2.29. The van der Waals surface area contributed by atoms with E-state index in [2.05, 4.69) is 4.72 Å². The molecule has 1 aliphatic heterocycles. The normalized spacial score (nSPS) is 20.2. The molecule has 0 aromatic heterocycles. The van der Waals surface area contributed by atoms with E-state index < -0.39 is 33.9 Å². The van der Waals surface area contributed by atoms with Crippen LogP contribution in [-0.2, 0) is 26.0 Å². The Morgan fingerprint density at radius 3 is 2.48 bits per heavy atom. The summed E-state index contributed by atoms with van der Waals surface area (Å²) in [5, 5.41) is 10.2. The van der Waals surface area contributed by atoms with Crippen LogP contribution in [0, 0.1) is 11.7 Å². The number of aliphatic hydroxyl groups is 1. The number of anilines is 1. The first-order chi connectivity index (χ1) is 22.9. The number of likely N-dealkylation sites (N-methyl/N-ethyl adjacent to an activating group) is 1. The monoisotopic (exact) mass is 683 g/mol. The maximum absolute atomic E-state index is 14.3. The van der Waals surface area contributed by atoms with Crippen LogP contribution in [0.2, 0.25) is 0 Å². The highest BCUT2D eigenvalue weighted by Gasteiger charge is 2.31. The van der Waals surface area contributed by atoms with Crippen molar-refractivity contribution in [3.05, 3.63) is 89.7 Å². The lowest BCUT2D eigenvalue weighted by atomic mass is 10.0. The van der Waals surface area contributed by atoms with E-state index in [0.29, 0.717) is 19.6 Å². The Bertz CT molecular complexity index is 1620. The van der Waals surface area contributed by atoms with Gasteiger partial charge in [0.25, 0.3) is 15.9 Å². The molecule has 12 heteroatoms. The minimum absolute atomic E-state index is 0.0522. The topological polar surface area (TPSA) is 125 Å². The zero-order chi connectivity index (χ0) is 34.8. The van der Waals surface area contributed by atoms with Crippen LogP contribution in [0.5, 0.6) is 5.75 Å². The molecule has 2 N–H and O–H groups in total. The van der Waals surface area contributed by atoms with Gasteiger partial charge < -0.3 is 24.4 Å². The third kappa shape index (κ3) is 10.0. The molecular formula is C36H46FN3O7S. The molecule has 3 aromatic rings. The fraction of sp³-hybridized carbons (Fsp3) is 0.444. The predicted molar refractivity (Wildman–Crippen MR) is 182 cm³/mol. The molecule has 1 aliphatic rings. The van der Waals surface area contributed by atoms with E-state index >= 15 is 0 Å². The molecule has 3 aromatic carbocycles. The van der Waals surface area contributed by atoms with Gasteiger partial charge in [-0.25, -0.2) is 12.8 Å². The Balaban J connectivity index is 1.63. The van der Waals surface area contributed by atoms with Gasteiger partial charge >= 0.3 is 0 Å². The first-order valence-corrected chi connectivity index (χ1v) is 17.8. The highest BCUT2D eigenvalue weighted by molar-refractivity contribution is 7.92. The highest BCUT2D eigenvalue weighted by atomic mass is 32.2. The van der Waals surface area contributed by atoms with Crippen molar-refractivity contribution in [3.8, 4) is 5.75 Å². The fourth-order valence-corrected chi connectivity index (χ4v) is 6.60. The molecule has 10 nitrogen and oxygen atoms in total. The van der Waals surface area contributed by atoms with E-state index in [1.54, 1.807) is 24.9 Å². The maximum atomic E-state index is 14.3. The first kappa shape index (κ1) is 36.8. The lowest BCUT2D eigenvalue weighted by Crippen LogP contribution is -2.48. The number of ether oxygens (including phenoxy) is 2. The van der Waals surface area contributed by atoms with Gasteiger partial charge in [-0.15, -0.1) is 0 Å². The number of rotatable bonds is 9. The third-order valence-corrected chi connectivity index (χ3v) is 9.90. The molecule has 0 radical (unpaired) electrons. The zero-order valence-corrected chi connectivity index (χ0v) is 28.8. The van der Waals surface area contributed by atoms with E-state index in [0.717, 1.165) is 42.7 Å². The standard InChI is InChI=1S/C36H46FN3O7S/c1-25-22-40(26(2)24-41)36(43)32-21-30(38-48(44,45)31-16-13-29(37)14-17-31)15-18-33(32)47-27(3)10-8-9-19-46-34(25)23-39(4)35(42)20-28-11-6-5-7-12-28/h5-7,11-18,21,25-27,34,38,41H,8-10,19-20,22-24H2,1-4H3/t25-,26+,27-,34+/m1/s1. The van der Waals surface area contributed by atoms with E-state index in [1.165, 1.54) is 17.0 Å². The Morgan fingerprint density at radius 2 is 1.79 bits per heavy atom. The SMILES string of the molecule is C[C@@H]1CCCCO[C@@H](CN(C)C(=O)Cc2ccccc2)[C@H](C)CN([C@@H](C)CO)C(=O)c2cc(NS(=O)(=O)c3ccc(F)cc3)ccc2O1. The largest absolute Gasteiger partial charge is 0.490 e. The van der Waals surface area contributed by atoms with E-state index in [4.69, 9.17) is 9.47 Å². The number of amides is 2. The number of fused-ring (bicyclic) bond motifs is 1. The van der Waals surface area contributed by atoms with Gasteiger partial charge in [0.1, 0.15) is 11.6 Å². The molecular weight excluding hydrogens is 637 g/mol. The molecule has 2 amide bonds. The van der Waals surface area contributed by atoms with Crippen molar-refractivity contribution in [2.75, 3.05) is 38.1 Å². The van der Waals surface area contributed by atoms with Crippen LogP contribution >= 0.6 is 0 Å². The molecule has 0 aliphatic carbocycles. The number of nitrogens with one attached hydrogen (secondary N) is 1. The molecule has 4 rings (SSSR count). The second-order valence-corrected chi connectivity index (χ2v) is 14.2. The second kappa shape index (κ2) is 16.9. The predicted octanol–water partition coefficient (Wildman–Crippen LogP) is 5.12. The average molecular weight is 684 g/mol. The van der Waals surface area contributed by atoms with Gasteiger partial charge in [-0.2, -0.15) is 0 Å². The van der Waals surface area contributed by atoms with E-state index in [-0.39, 0.29) is 59.4 Å². The van der Waals surface area contributed by atoms with Crippen LogP contribution < -0.4 is 9.46 Å². The minimum Gasteiger partial charge on any atom is -0.490 e. The number of halogens is 1. The lowest BCUT2D eigenvalue weighted by molar-refractivity contribution is -0.131. The maximum Gasteiger partial charge on any atom is 0.261 e. The van der Waals surface area contributed by atoms with Gasteiger partial charge in [-0.05, 0) is 81.1 Å². The summed E-state index contributed by atoms with van der Waals surface area (Å²) in [5.74, 6) is -1.04. The molecule has 0 bridgehead atoms.